The molecule has 2 fully saturated rings. The number of rotatable bonds is 4. The second-order valence-electron chi connectivity index (χ2n) is 8.64. The molecule has 0 N–H and O–H groups in total. The molecule has 2 aromatic carbocycles. The van der Waals surface area contributed by atoms with Gasteiger partial charge in [-0.2, -0.15) is 10.2 Å². The van der Waals surface area contributed by atoms with Crippen LogP contribution >= 0.6 is 0 Å². The Bertz CT molecular complexity index is 1050. The zero-order valence-electron chi connectivity index (χ0n) is 18.0. The van der Waals surface area contributed by atoms with E-state index < -0.39 is 5.41 Å². The second kappa shape index (κ2) is 8.24. The number of nitrogens with zero attached hydrogens (tertiary/aromatic N) is 4. The minimum Gasteiger partial charge on any atom is -0.497 e. The van der Waals surface area contributed by atoms with Gasteiger partial charge in [-0.05, 0) is 55.5 Å². The lowest BCUT2D eigenvalue weighted by molar-refractivity contribution is 0.128. The van der Waals surface area contributed by atoms with Gasteiger partial charge in [0.15, 0.2) is 5.58 Å². The van der Waals surface area contributed by atoms with Crippen LogP contribution in [-0.4, -0.2) is 49.2 Å². The number of methoxy groups -OCH3 is 1. The first-order valence-corrected chi connectivity index (χ1v) is 11.1. The number of oxazole rings is 1. The number of hydrogen-bond donors (Lipinski definition) is 0. The molecule has 5 rings (SSSR count). The standard InChI is InChI=1S/C25H28N4O2/c1-30-21-6-4-5-19(17-21)25(18-26)11-9-20(10-12-25)28-13-15-29(16-14-28)24-27-22-7-2-3-8-23(22)31-24/h2-8,17,20H,9-16H2,1H3/t20-,25-. The quantitative estimate of drug-likeness (QED) is 0.630. The highest BCUT2D eigenvalue weighted by Crippen LogP contribution is 2.41. The lowest BCUT2D eigenvalue weighted by Crippen LogP contribution is -2.52. The molecule has 0 spiro atoms. The third kappa shape index (κ3) is 3.75. The van der Waals surface area contributed by atoms with Crippen molar-refractivity contribution in [2.45, 2.75) is 37.1 Å². The van der Waals surface area contributed by atoms with E-state index in [1.807, 2.05) is 42.5 Å². The summed E-state index contributed by atoms with van der Waals surface area (Å²) in [5, 5.41) is 10.0. The van der Waals surface area contributed by atoms with Gasteiger partial charge in [0.05, 0.1) is 18.6 Å². The number of piperazine rings is 1. The topological polar surface area (TPSA) is 65.5 Å². The van der Waals surface area contributed by atoms with Crippen molar-refractivity contribution in [2.75, 3.05) is 38.2 Å². The number of hydrogen-bond acceptors (Lipinski definition) is 6. The Labute approximate surface area is 183 Å². The summed E-state index contributed by atoms with van der Waals surface area (Å²) in [5.74, 6) is 0.824. The van der Waals surface area contributed by atoms with E-state index >= 15 is 0 Å². The SMILES string of the molecule is COc1cccc([C@]2(C#N)CC[C@@H](N3CCN(c4nc5ccccc5o4)CC3)CC2)c1. The summed E-state index contributed by atoms with van der Waals surface area (Å²) < 4.78 is 11.3. The molecule has 1 saturated carbocycles. The summed E-state index contributed by atoms with van der Waals surface area (Å²) in [6.07, 6.45) is 3.89. The molecule has 6 nitrogen and oxygen atoms in total. The van der Waals surface area contributed by atoms with Crippen LogP contribution in [0.3, 0.4) is 0 Å². The van der Waals surface area contributed by atoms with Gasteiger partial charge in [-0.15, -0.1) is 0 Å². The van der Waals surface area contributed by atoms with Crippen molar-refractivity contribution < 1.29 is 9.15 Å². The van der Waals surface area contributed by atoms with Crippen molar-refractivity contribution in [3.8, 4) is 11.8 Å². The van der Waals surface area contributed by atoms with Crippen molar-refractivity contribution in [1.82, 2.24) is 9.88 Å². The van der Waals surface area contributed by atoms with E-state index in [2.05, 4.69) is 26.9 Å². The lowest BCUT2D eigenvalue weighted by Gasteiger charge is -2.43. The van der Waals surface area contributed by atoms with Gasteiger partial charge in [-0.25, -0.2) is 0 Å². The molecule has 2 aliphatic rings. The summed E-state index contributed by atoms with van der Waals surface area (Å²) in [6.45, 7) is 3.84. The number of ether oxygens (including phenoxy) is 1. The van der Waals surface area contributed by atoms with Gasteiger partial charge in [-0.1, -0.05) is 24.3 Å². The minimum atomic E-state index is -0.398. The highest BCUT2D eigenvalue weighted by molar-refractivity contribution is 5.74. The summed E-state index contributed by atoms with van der Waals surface area (Å²) in [5.41, 5.74) is 2.45. The Kier molecular flexibility index (Phi) is 5.29. The van der Waals surface area contributed by atoms with Crippen LogP contribution in [0, 0.1) is 11.3 Å². The number of aromatic nitrogens is 1. The predicted molar refractivity (Wildman–Crippen MR) is 120 cm³/mol. The van der Waals surface area contributed by atoms with Gasteiger partial charge in [0.2, 0.25) is 0 Å². The molecule has 0 bridgehead atoms. The highest BCUT2D eigenvalue weighted by Gasteiger charge is 2.39. The molecule has 6 heteroatoms. The average molecular weight is 417 g/mol. The van der Waals surface area contributed by atoms with E-state index in [9.17, 15) is 5.26 Å². The largest absolute Gasteiger partial charge is 0.497 e. The molecule has 1 aromatic heterocycles. The van der Waals surface area contributed by atoms with Crippen molar-refractivity contribution >= 4 is 17.1 Å². The third-order valence-electron chi connectivity index (χ3n) is 7.03. The molecule has 1 saturated heterocycles. The van der Waals surface area contributed by atoms with Gasteiger partial charge >= 0.3 is 0 Å². The Morgan fingerprint density at radius 3 is 2.55 bits per heavy atom. The minimum absolute atomic E-state index is 0.398. The Hall–Kier alpha value is -3.04. The average Bonchev–Trinajstić information content (AvgIpc) is 3.29. The summed E-state index contributed by atoms with van der Waals surface area (Å²) in [4.78, 5) is 9.48. The number of fused-ring (bicyclic) bond motifs is 1. The first-order chi connectivity index (χ1) is 15.2. The molecule has 31 heavy (non-hydrogen) atoms. The van der Waals surface area contributed by atoms with Gasteiger partial charge in [0.1, 0.15) is 11.3 Å². The van der Waals surface area contributed by atoms with Crippen LogP contribution in [-0.2, 0) is 5.41 Å². The number of para-hydroxylation sites is 2. The van der Waals surface area contributed by atoms with E-state index in [-0.39, 0.29) is 0 Å². The summed E-state index contributed by atoms with van der Waals surface area (Å²) in [7, 11) is 1.68. The maximum atomic E-state index is 10.0. The maximum Gasteiger partial charge on any atom is 0.298 e. The number of anilines is 1. The van der Waals surface area contributed by atoms with E-state index in [1.54, 1.807) is 7.11 Å². The lowest BCUT2D eigenvalue weighted by atomic mass is 9.69. The molecule has 0 atom stereocenters. The Balaban J connectivity index is 1.21. The van der Waals surface area contributed by atoms with Gasteiger partial charge < -0.3 is 14.1 Å². The smallest absolute Gasteiger partial charge is 0.298 e. The van der Waals surface area contributed by atoms with Crippen LogP contribution in [0.15, 0.2) is 52.9 Å². The second-order valence-corrected chi connectivity index (χ2v) is 8.64. The highest BCUT2D eigenvalue weighted by atomic mass is 16.5. The molecule has 1 aliphatic carbocycles. The molecule has 160 valence electrons. The van der Waals surface area contributed by atoms with E-state index in [4.69, 9.17) is 9.15 Å². The fraction of sp³-hybridized carbons (Fsp3) is 0.440. The van der Waals surface area contributed by atoms with Crippen molar-refractivity contribution in [2.24, 2.45) is 0 Å². The first kappa shape index (κ1) is 19.9. The molecule has 2 heterocycles. The van der Waals surface area contributed by atoms with Crippen LogP contribution < -0.4 is 9.64 Å². The fourth-order valence-electron chi connectivity index (χ4n) is 5.12. The molecule has 0 radical (unpaired) electrons. The van der Waals surface area contributed by atoms with E-state index in [1.165, 1.54) is 0 Å². The van der Waals surface area contributed by atoms with Crippen LogP contribution in [0.1, 0.15) is 31.2 Å². The predicted octanol–water partition coefficient (Wildman–Crippen LogP) is 4.36. The van der Waals surface area contributed by atoms with E-state index in [0.717, 1.165) is 80.3 Å². The maximum absolute atomic E-state index is 10.0. The Morgan fingerprint density at radius 2 is 1.84 bits per heavy atom. The van der Waals surface area contributed by atoms with Crippen molar-refractivity contribution in [1.29, 1.82) is 5.26 Å². The van der Waals surface area contributed by atoms with Crippen LogP contribution in [0.2, 0.25) is 0 Å². The van der Waals surface area contributed by atoms with Gasteiger partial charge in [0, 0.05) is 32.2 Å². The fourth-order valence-corrected chi connectivity index (χ4v) is 5.12. The summed E-state index contributed by atoms with van der Waals surface area (Å²) >= 11 is 0. The van der Waals surface area contributed by atoms with Crippen LogP contribution in [0.5, 0.6) is 5.75 Å². The van der Waals surface area contributed by atoms with Crippen molar-refractivity contribution in [3.05, 3.63) is 54.1 Å². The summed E-state index contributed by atoms with van der Waals surface area (Å²) in [6, 6.07) is 19.9. The van der Waals surface area contributed by atoms with Gasteiger partial charge in [-0.3, -0.25) is 4.90 Å². The van der Waals surface area contributed by atoms with Crippen LogP contribution in [0.25, 0.3) is 11.1 Å². The zero-order chi connectivity index (χ0) is 21.3. The van der Waals surface area contributed by atoms with Crippen LogP contribution in [0.4, 0.5) is 6.01 Å². The number of benzene rings is 2. The third-order valence-corrected chi connectivity index (χ3v) is 7.03. The first-order valence-electron chi connectivity index (χ1n) is 11.1. The molecular weight excluding hydrogens is 388 g/mol. The monoisotopic (exact) mass is 416 g/mol. The van der Waals surface area contributed by atoms with Crippen molar-refractivity contribution in [3.63, 3.8) is 0 Å². The molecular formula is C25H28N4O2. The van der Waals surface area contributed by atoms with E-state index in [0.29, 0.717) is 6.04 Å². The Morgan fingerprint density at radius 1 is 1.06 bits per heavy atom. The normalized spacial score (nSPS) is 24.8. The molecule has 3 aromatic rings. The molecule has 1 aliphatic heterocycles. The molecule has 0 amide bonds. The number of nitriles is 1. The molecule has 0 unspecified atom stereocenters. The van der Waals surface area contributed by atoms with Gasteiger partial charge in [0.25, 0.3) is 6.01 Å². The zero-order valence-corrected chi connectivity index (χ0v) is 18.0.